The van der Waals surface area contributed by atoms with Crippen molar-refractivity contribution in [2.75, 3.05) is 11.9 Å². The molecule has 0 atom stereocenters. The molecule has 0 bridgehead atoms. The van der Waals surface area contributed by atoms with E-state index in [4.69, 9.17) is 36.5 Å². The number of carbonyl (C=O) groups is 1. The van der Waals surface area contributed by atoms with E-state index < -0.39 is 5.97 Å². The van der Waals surface area contributed by atoms with Gasteiger partial charge in [-0.1, -0.05) is 31.0 Å². The molecule has 2 aromatic heterocycles. The third kappa shape index (κ3) is 5.86. The molecule has 1 aliphatic rings. The highest BCUT2D eigenvalue weighted by Crippen LogP contribution is 2.37. The van der Waals surface area contributed by atoms with Crippen molar-refractivity contribution in [1.29, 1.82) is 0 Å². The van der Waals surface area contributed by atoms with E-state index in [1.54, 1.807) is 0 Å². The number of aliphatic carboxylic acids is 1. The van der Waals surface area contributed by atoms with E-state index in [1.165, 1.54) is 0 Å². The maximum atomic E-state index is 11.1. The Hall–Kier alpha value is -2.87. The van der Waals surface area contributed by atoms with Crippen molar-refractivity contribution in [2.24, 2.45) is 13.0 Å². The van der Waals surface area contributed by atoms with E-state index in [0.717, 1.165) is 72.5 Å². The number of anilines is 1. The summed E-state index contributed by atoms with van der Waals surface area (Å²) >= 11 is 6.39. The monoisotopic (exact) mass is 499 g/mol. The van der Waals surface area contributed by atoms with Crippen molar-refractivity contribution in [3.05, 3.63) is 40.3 Å². The van der Waals surface area contributed by atoms with Crippen LogP contribution >= 0.6 is 11.6 Å². The van der Waals surface area contributed by atoms with Gasteiger partial charge in [0.2, 0.25) is 0 Å². The molecule has 1 fully saturated rings. The molecule has 0 radical (unpaired) electrons. The molecule has 4 rings (SSSR count). The van der Waals surface area contributed by atoms with Gasteiger partial charge < -0.3 is 15.2 Å². The van der Waals surface area contributed by atoms with Crippen molar-refractivity contribution in [1.82, 2.24) is 19.7 Å². The van der Waals surface area contributed by atoms with Crippen molar-refractivity contribution in [3.63, 3.8) is 0 Å². The molecular weight excluding hydrogens is 466 g/mol. The number of aromatic nitrogens is 4. The van der Waals surface area contributed by atoms with Crippen LogP contribution in [0.25, 0.3) is 11.0 Å². The van der Waals surface area contributed by atoms with Gasteiger partial charge in [-0.15, -0.1) is 0 Å². The van der Waals surface area contributed by atoms with Crippen LogP contribution in [0.1, 0.15) is 75.4 Å². The molecular formula is C26H34ClN5O3. The number of carboxylic acids is 1. The second kappa shape index (κ2) is 11.2. The Morgan fingerprint density at radius 1 is 1.23 bits per heavy atom. The van der Waals surface area contributed by atoms with Gasteiger partial charge in [0.25, 0.3) is 0 Å². The average Bonchev–Trinajstić information content (AvgIpc) is 3.15. The van der Waals surface area contributed by atoms with E-state index >= 15 is 0 Å². The molecule has 188 valence electrons. The number of nitrogens with one attached hydrogen (secondary N) is 1. The fourth-order valence-electron chi connectivity index (χ4n) is 4.95. The second-order valence-electron chi connectivity index (χ2n) is 9.31. The average molecular weight is 500 g/mol. The van der Waals surface area contributed by atoms with Crippen LogP contribution in [0.3, 0.4) is 0 Å². The van der Waals surface area contributed by atoms with Crippen LogP contribution in [0.5, 0.6) is 5.75 Å². The van der Waals surface area contributed by atoms with Crippen LogP contribution in [-0.2, 0) is 24.8 Å². The minimum Gasteiger partial charge on any atom is -0.492 e. The molecule has 8 nitrogen and oxygen atoms in total. The molecule has 2 heterocycles. The molecule has 35 heavy (non-hydrogen) atoms. The number of aryl methyl sites for hydroxylation is 2. The third-order valence-corrected chi connectivity index (χ3v) is 6.98. The van der Waals surface area contributed by atoms with Crippen LogP contribution in [0.2, 0.25) is 5.02 Å². The topological polar surface area (TPSA) is 102 Å². The summed E-state index contributed by atoms with van der Waals surface area (Å²) in [4.78, 5) is 21.1. The van der Waals surface area contributed by atoms with Gasteiger partial charge in [-0.3, -0.25) is 9.48 Å². The molecule has 0 aliphatic heterocycles. The van der Waals surface area contributed by atoms with Gasteiger partial charge >= 0.3 is 5.97 Å². The Morgan fingerprint density at radius 2 is 2.00 bits per heavy atom. The smallest absolute Gasteiger partial charge is 0.303 e. The summed E-state index contributed by atoms with van der Waals surface area (Å²) < 4.78 is 7.41. The lowest BCUT2D eigenvalue weighted by Gasteiger charge is -2.27. The summed E-state index contributed by atoms with van der Waals surface area (Å²) in [5, 5.41) is 18.0. The molecule has 0 spiro atoms. The van der Waals surface area contributed by atoms with Gasteiger partial charge in [-0.2, -0.15) is 5.10 Å². The van der Waals surface area contributed by atoms with Gasteiger partial charge in [-0.05, 0) is 62.6 Å². The van der Waals surface area contributed by atoms with E-state index in [9.17, 15) is 4.79 Å². The van der Waals surface area contributed by atoms with Crippen LogP contribution < -0.4 is 10.1 Å². The molecule has 0 amide bonds. The lowest BCUT2D eigenvalue weighted by molar-refractivity contribution is -0.138. The fourth-order valence-corrected chi connectivity index (χ4v) is 5.21. The largest absolute Gasteiger partial charge is 0.492 e. The highest BCUT2D eigenvalue weighted by atomic mass is 35.5. The molecule has 1 aliphatic carbocycles. The first-order valence-electron chi connectivity index (χ1n) is 12.5. The number of fused-ring (bicyclic) bond motifs is 1. The van der Waals surface area contributed by atoms with Crippen molar-refractivity contribution >= 4 is 34.4 Å². The molecule has 2 N–H and O–H groups in total. The maximum Gasteiger partial charge on any atom is 0.303 e. The number of hydrogen-bond donors (Lipinski definition) is 2. The second-order valence-corrected chi connectivity index (χ2v) is 9.72. The van der Waals surface area contributed by atoms with E-state index in [0.29, 0.717) is 23.9 Å². The number of nitrogens with zero attached hydrogens (tertiary/aromatic N) is 4. The third-order valence-electron chi connectivity index (χ3n) is 6.69. The first-order chi connectivity index (χ1) is 16.9. The zero-order valence-corrected chi connectivity index (χ0v) is 21.4. The van der Waals surface area contributed by atoms with Crippen molar-refractivity contribution < 1.29 is 14.6 Å². The number of hydrogen-bond acceptors (Lipinski definition) is 6. The Kier molecular flexibility index (Phi) is 8.11. The number of halogens is 1. The Morgan fingerprint density at radius 3 is 2.66 bits per heavy atom. The number of benzene rings is 1. The van der Waals surface area contributed by atoms with Gasteiger partial charge in [0.1, 0.15) is 22.6 Å². The van der Waals surface area contributed by atoms with Crippen LogP contribution in [0.4, 0.5) is 5.82 Å². The normalized spacial score (nSPS) is 18.1. The van der Waals surface area contributed by atoms with E-state index in [2.05, 4.69) is 12.2 Å². The van der Waals surface area contributed by atoms with Gasteiger partial charge in [0.15, 0.2) is 5.82 Å². The van der Waals surface area contributed by atoms with Crippen molar-refractivity contribution in [3.8, 4) is 5.75 Å². The van der Waals surface area contributed by atoms with E-state index in [-0.39, 0.29) is 18.3 Å². The lowest BCUT2D eigenvalue weighted by Crippen LogP contribution is -2.18. The molecule has 9 heteroatoms. The maximum absolute atomic E-state index is 11.1. The predicted octanol–water partition coefficient (Wildman–Crippen LogP) is 5.73. The molecule has 1 aromatic carbocycles. The van der Waals surface area contributed by atoms with Gasteiger partial charge in [0.05, 0.1) is 17.3 Å². The van der Waals surface area contributed by atoms with Gasteiger partial charge in [0, 0.05) is 25.9 Å². The SMILES string of the molecule is CCCc1nn(C)c2c(NCc3ccc(OCC)c(Cl)c3)nc(C3CCC(CC(=O)O)CC3)nc12. The minimum atomic E-state index is -0.716. The number of ether oxygens (including phenoxy) is 1. The van der Waals surface area contributed by atoms with E-state index in [1.807, 2.05) is 36.9 Å². The molecule has 1 saturated carbocycles. The van der Waals surface area contributed by atoms with Crippen molar-refractivity contribution in [2.45, 2.75) is 71.3 Å². The molecule has 0 unspecified atom stereocenters. The quantitative estimate of drug-likeness (QED) is 0.367. The zero-order chi connectivity index (χ0) is 24.9. The summed E-state index contributed by atoms with van der Waals surface area (Å²) in [6.45, 7) is 5.19. The van der Waals surface area contributed by atoms with Gasteiger partial charge in [-0.25, -0.2) is 9.97 Å². The number of rotatable bonds is 10. The summed E-state index contributed by atoms with van der Waals surface area (Å²) in [7, 11) is 1.93. The lowest BCUT2D eigenvalue weighted by atomic mass is 9.80. The summed E-state index contributed by atoms with van der Waals surface area (Å²) in [5.74, 6) is 2.01. The highest BCUT2D eigenvalue weighted by molar-refractivity contribution is 6.32. The summed E-state index contributed by atoms with van der Waals surface area (Å²) in [6.07, 6.45) is 5.67. The standard InChI is InChI=1S/C26H34ClN5O3/c1-4-6-20-23-24(32(3)31-20)26(28-15-17-9-12-21(35-5-2)19(27)13-17)30-25(29-23)18-10-7-16(8-11-18)14-22(33)34/h9,12-13,16,18H,4-8,10-11,14-15H2,1-3H3,(H,33,34)(H,28,29,30). The fraction of sp³-hybridized carbons (Fsp3) is 0.538. The Labute approximate surface area is 211 Å². The first kappa shape index (κ1) is 25.2. The minimum absolute atomic E-state index is 0.222. The van der Waals surface area contributed by atoms with Crippen LogP contribution in [0, 0.1) is 5.92 Å². The summed E-state index contributed by atoms with van der Waals surface area (Å²) in [5.41, 5.74) is 3.81. The zero-order valence-electron chi connectivity index (χ0n) is 20.7. The molecule has 3 aromatic rings. The Bertz CT molecular complexity index is 1190. The van der Waals surface area contributed by atoms with Crippen LogP contribution in [0.15, 0.2) is 18.2 Å². The van der Waals surface area contributed by atoms with Crippen LogP contribution in [-0.4, -0.2) is 37.4 Å². The predicted molar refractivity (Wildman–Crippen MR) is 137 cm³/mol. The summed E-state index contributed by atoms with van der Waals surface area (Å²) in [6, 6.07) is 5.80. The first-order valence-corrected chi connectivity index (χ1v) is 12.9. The number of carboxylic acid groups (broad SMARTS) is 1. The molecule has 0 saturated heterocycles. The Balaban J connectivity index is 1.61. The highest BCUT2D eigenvalue weighted by Gasteiger charge is 2.27.